The molecule has 1 heterocycles. The van der Waals surface area contributed by atoms with Gasteiger partial charge in [-0.1, -0.05) is 30.3 Å². The van der Waals surface area contributed by atoms with Gasteiger partial charge in [0.15, 0.2) is 12.4 Å². The monoisotopic (exact) mass is 322 g/mol. The fourth-order valence-electron chi connectivity index (χ4n) is 2.22. The Morgan fingerprint density at radius 2 is 1.79 bits per heavy atom. The number of anilines is 1. The van der Waals surface area contributed by atoms with E-state index in [9.17, 15) is 4.79 Å². The van der Waals surface area contributed by atoms with E-state index >= 15 is 0 Å². The first-order valence-electron chi connectivity index (χ1n) is 7.58. The molecule has 0 atom stereocenters. The fourth-order valence-corrected chi connectivity index (χ4v) is 2.22. The number of ether oxygens (including phenoxy) is 1. The minimum Gasteiger partial charge on any atom is -0.452 e. The summed E-state index contributed by atoms with van der Waals surface area (Å²) in [5.41, 5.74) is 2.45. The highest BCUT2D eigenvalue weighted by atomic mass is 16.5. The molecule has 0 fully saturated rings. The first-order valence-corrected chi connectivity index (χ1v) is 7.58. The number of carbonyl (C=O) groups is 1. The maximum Gasteiger partial charge on any atom is 0.338 e. The minimum absolute atomic E-state index is 0.00109. The molecule has 0 saturated carbocycles. The lowest BCUT2D eigenvalue weighted by Crippen LogP contribution is -2.09. The van der Waals surface area contributed by atoms with Gasteiger partial charge >= 0.3 is 5.97 Å². The second-order valence-corrected chi connectivity index (χ2v) is 5.50. The Morgan fingerprint density at radius 1 is 1.08 bits per heavy atom. The van der Waals surface area contributed by atoms with E-state index in [-0.39, 0.29) is 6.61 Å². The van der Waals surface area contributed by atoms with Crippen molar-refractivity contribution in [2.45, 2.75) is 6.61 Å². The zero-order valence-corrected chi connectivity index (χ0v) is 13.6. The molecule has 24 heavy (non-hydrogen) atoms. The third-order valence-corrected chi connectivity index (χ3v) is 3.56. The number of carbonyl (C=O) groups excluding carboxylic acids is 1. The summed E-state index contributed by atoms with van der Waals surface area (Å²) in [7, 11) is 3.89. The molecule has 3 rings (SSSR count). The lowest BCUT2D eigenvalue weighted by atomic mass is 10.2. The van der Waals surface area contributed by atoms with Crippen molar-refractivity contribution in [3.05, 3.63) is 72.2 Å². The number of rotatable bonds is 5. The molecule has 0 radical (unpaired) electrons. The van der Waals surface area contributed by atoms with E-state index in [1.165, 1.54) is 0 Å². The number of aromatic nitrogens is 1. The first kappa shape index (κ1) is 15.8. The average Bonchev–Trinajstić information content (AvgIpc) is 3.09. The molecular formula is C19H18N2O3. The number of esters is 1. The summed E-state index contributed by atoms with van der Waals surface area (Å²) in [5.74, 6) is 0.615. The third-order valence-electron chi connectivity index (χ3n) is 3.56. The summed E-state index contributed by atoms with van der Waals surface area (Å²) in [5, 5.41) is 0. The molecule has 0 aliphatic carbocycles. The average molecular weight is 322 g/mol. The van der Waals surface area contributed by atoms with Crippen molar-refractivity contribution in [2.24, 2.45) is 0 Å². The first-order chi connectivity index (χ1) is 11.6. The van der Waals surface area contributed by atoms with Gasteiger partial charge in [-0.3, -0.25) is 0 Å². The second kappa shape index (κ2) is 7.00. The van der Waals surface area contributed by atoms with Crippen LogP contribution in [0.4, 0.5) is 5.69 Å². The van der Waals surface area contributed by atoms with Crippen molar-refractivity contribution in [3.63, 3.8) is 0 Å². The Morgan fingerprint density at radius 3 is 2.46 bits per heavy atom. The van der Waals surface area contributed by atoms with E-state index < -0.39 is 5.97 Å². The standard InChI is InChI=1S/C19H18N2O3/c1-21(2)16-10-8-15(9-11-16)19(22)23-13-18-20-12-17(24-18)14-6-4-3-5-7-14/h3-12H,13H2,1-2H3. The van der Waals surface area contributed by atoms with Crippen LogP contribution in [0.5, 0.6) is 0 Å². The molecule has 3 aromatic rings. The molecule has 2 aromatic carbocycles. The molecule has 0 saturated heterocycles. The Hall–Kier alpha value is -3.08. The van der Waals surface area contributed by atoms with Crippen LogP contribution < -0.4 is 4.90 Å². The number of hydrogen-bond donors (Lipinski definition) is 0. The van der Waals surface area contributed by atoms with Gasteiger partial charge in [0.05, 0.1) is 11.8 Å². The molecule has 0 aliphatic heterocycles. The van der Waals surface area contributed by atoms with E-state index in [0.717, 1.165) is 11.3 Å². The lowest BCUT2D eigenvalue weighted by Gasteiger charge is -2.12. The van der Waals surface area contributed by atoms with Gasteiger partial charge in [0.25, 0.3) is 0 Å². The van der Waals surface area contributed by atoms with Crippen molar-refractivity contribution in [1.29, 1.82) is 0 Å². The van der Waals surface area contributed by atoms with Crippen LogP contribution in [-0.4, -0.2) is 25.0 Å². The van der Waals surface area contributed by atoms with E-state index in [2.05, 4.69) is 4.98 Å². The molecule has 0 spiro atoms. The Bertz CT molecular complexity index is 808. The molecule has 0 bridgehead atoms. The zero-order chi connectivity index (χ0) is 16.9. The largest absolute Gasteiger partial charge is 0.452 e. The quantitative estimate of drug-likeness (QED) is 0.669. The summed E-state index contributed by atoms with van der Waals surface area (Å²) in [6.07, 6.45) is 1.63. The van der Waals surface area contributed by atoms with E-state index in [4.69, 9.17) is 9.15 Å². The van der Waals surface area contributed by atoms with E-state index in [1.807, 2.05) is 61.5 Å². The van der Waals surface area contributed by atoms with Crippen LogP contribution in [0.25, 0.3) is 11.3 Å². The van der Waals surface area contributed by atoms with Gasteiger partial charge in [-0.05, 0) is 24.3 Å². The number of oxazole rings is 1. The third kappa shape index (κ3) is 3.63. The molecule has 0 aliphatic rings. The molecular weight excluding hydrogens is 304 g/mol. The maximum absolute atomic E-state index is 12.1. The highest BCUT2D eigenvalue weighted by Gasteiger charge is 2.11. The van der Waals surface area contributed by atoms with Gasteiger partial charge in [0, 0.05) is 25.3 Å². The Labute approximate surface area is 140 Å². The van der Waals surface area contributed by atoms with Crippen molar-refractivity contribution in [2.75, 3.05) is 19.0 Å². The van der Waals surface area contributed by atoms with Gasteiger partial charge in [-0.15, -0.1) is 0 Å². The second-order valence-electron chi connectivity index (χ2n) is 5.50. The predicted octanol–water partition coefficient (Wildman–Crippen LogP) is 3.76. The van der Waals surface area contributed by atoms with E-state index in [1.54, 1.807) is 18.3 Å². The summed E-state index contributed by atoms with van der Waals surface area (Å²) >= 11 is 0. The van der Waals surface area contributed by atoms with Crippen LogP contribution in [0.2, 0.25) is 0 Å². The molecule has 0 amide bonds. The zero-order valence-electron chi connectivity index (χ0n) is 13.6. The van der Waals surface area contributed by atoms with Crippen LogP contribution >= 0.6 is 0 Å². The molecule has 5 nitrogen and oxygen atoms in total. The summed E-state index contributed by atoms with van der Waals surface area (Å²) in [6, 6.07) is 16.9. The van der Waals surface area contributed by atoms with Crippen molar-refractivity contribution < 1.29 is 13.9 Å². The Kier molecular flexibility index (Phi) is 4.61. The van der Waals surface area contributed by atoms with Crippen LogP contribution in [0.1, 0.15) is 16.2 Å². The van der Waals surface area contributed by atoms with Gasteiger partial charge in [0.1, 0.15) is 0 Å². The molecule has 0 unspecified atom stereocenters. The van der Waals surface area contributed by atoms with Crippen LogP contribution in [0.3, 0.4) is 0 Å². The van der Waals surface area contributed by atoms with E-state index in [0.29, 0.717) is 17.2 Å². The minimum atomic E-state index is -0.403. The number of hydrogen-bond acceptors (Lipinski definition) is 5. The maximum atomic E-state index is 12.1. The Balaban J connectivity index is 1.61. The fraction of sp³-hybridized carbons (Fsp3) is 0.158. The molecule has 0 N–H and O–H groups in total. The molecule has 122 valence electrons. The lowest BCUT2D eigenvalue weighted by molar-refractivity contribution is 0.0439. The summed E-state index contributed by atoms with van der Waals surface area (Å²) in [4.78, 5) is 18.2. The van der Waals surface area contributed by atoms with Crippen LogP contribution in [0.15, 0.2) is 65.2 Å². The smallest absolute Gasteiger partial charge is 0.338 e. The van der Waals surface area contributed by atoms with Crippen molar-refractivity contribution in [1.82, 2.24) is 4.98 Å². The van der Waals surface area contributed by atoms with Crippen molar-refractivity contribution in [3.8, 4) is 11.3 Å². The van der Waals surface area contributed by atoms with Gasteiger partial charge in [-0.2, -0.15) is 0 Å². The normalized spacial score (nSPS) is 10.4. The molecule has 5 heteroatoms. The number of benzene rings is 2. The van der Waals surface area contributed by atoms with Gasteiger partial charge < -0.3 is 14.1 Å². The van der Waals surface area contributed by atoms with Gasteiger partial charge in [0.2, 0.25) is 5.89 Å². The number of nitrogens with zero attached hydrogens (tertiary/aromatic N) is 2. The SMILES string of the molecule is CN(C)c1ccc(C(=O)OCc2ncc(-c3ccccc3)o2)cc1. The topological polar surface area (TPSA) is 55.6 Å². The predicted molar refractivity (Wildman–Crippen MR) is 91.8 cm³/mol. The van der Waals surface area contributed by atoms with Crippen LogP contribution in [-0.2, 0) is 11.3 Å². The summed E-state index contributed by atoms with van der Waals surface area (Å²) < 4.78 is 10.9. The highest BCUT2D eigenvalue weighted by molar-refractivity contribution is 5.89. The highest BCUT2D eigenvalue weighted by Crippen LogP contribution is 2.20. The molecule has 1 aromatic heterocycles. The van der Waals surface area contributed by atoms with Gasteiger partial charge in [-0.25, -0.2) is 9.78 Å². The van der Waals surface area contributed by atoms with Crippen molar-refractivity contribution >= 4 is 11.7 Å². The summed E-state index contributed by atoms with van der Waals surface area (Å²) in [6.45, 7) is 0.00109. The van der Waals surface area contributed by atoms with Crippen LogP contribution in [0, 0.1) is 0 Å².